The number of rotatable bonds is 3. The average molecular weight is 400 g/mol. The lowest BCUT2D eigenvalue weighted by Gasteiger charge is -2.28. The van der Waals surface area contributed by atoms with Crippen molar-refractivity contribution >= 4 is 0 Å². The van der Waals surface area contributed by atoms with Crippen molar-refractivity contribution in [2.45, 2.75) is 111 Å². The highest BCUT2D eigenvalue weighted by atomic mass is 16.5. The van der Waals surface area contributed by atoms with Gasteiger partial charge in [-0.2, -0.15) is 0 Å². The molecule has 28 heavy (non-hydrogen) atoms. The van der Waals surface area contributed by atoms with Crippen LogP contribution >= 0.6 is 0 Å². The van der Waals surface area contributed by atoms with E-state index in [9.17, 15) is 0 Å². The molecule has 0 radical (unpaired) electrons. The molecule has 170 valence electrons. The van der Waals surface area contributed by atoms with Crippen LogP contribution < -0.4 is 11.1 Å². The fraction of sp³-hybridized carbons (Fsp3) is 1.00. The molecule has 1 heterocycles. The minimum Gasteiger partial charge on any atom is -0.381 e. The van der Waals surface area contributed by atoms with Gasteiger partial charge in [0.1, 0.15) is 0 Å². The van der Waals surface area contributed by atoms with Crippen LogP contribution in [-0.4, -0.2) is 56.9 Å². The molecule has 3 rings (SSSR count). The van der Waals surface area contributed by atoms with Gasteiger partial charge in [-0.25, -0.2) is 0 Å². The highest BCUT2D eigenvalue weighted by molar-refractivity contribution is 4.77. The van der Waals surface area contributed by atoms with E-state index in [0.717, 1.165) is 17.9 Å². The second kappa shape index (κ2) is 16.6. The Kier molecular flexibility index (Phi) is 16.5. The van der Waals surface area contributed by atoms with Gasteiger partial charge in [-0.3, -0.25) is 0 Å². The molecule has 0 unspecified atom stereocenters. The first-order chi connectivity index (χ1) is 13.0. The monoisotopic (exact) mass is 399 g/mol. The van der Waals surface area contributed by atoms with Crippen molar-refractivity contribution in [1.82, 2.24) is 10.2 Å². The fourth-order valence-electron chi connectivity index (χ4n) is 4.25. The van der Waals surface area contributed by atoms with E-state index < -0.39 is 0 Å². The van der Waals surface area contributed by atoms with Gasteiger partial charge in [-0.1, -0.05) is 28.2 Å². The lowest BCUT2D eigenvalue weighted by molar-refractivity contribution is 0.0593. The van der Waals surface area contributed by atoms with Crippen LogP contribution in [-0.2, 0) is 4.74 Å². The number of hydrogen-bond acceptors (Lipinski definition) is 4. The second-order valence-electron chi connectivity index (χ2n) is 9.13. The Morgan fingerprint density at radius 3 is 1.79 bits per heavy atom. The van der Waals surface area contributed by atoms with Crippen LogP contribution in [0.1, 0.15) is 92.4 Å². The third kappa shape index (κ3) is 12.4. The summed E-state index contributed by atoms with van der Waals surface area (Å²) in [6.45, 7) is 10.8. The molecule has 3 fully saturated rings. The lowest BCUT2D eigenvalue weighted by atomic mass is 9.89. The molecular weight excluding hydrogens is 346 g/mol. The molecule has 0 aromatic carbocycles. The van der Waals surface area contributed by atoms with Crippen LogP contribution in [0.2, 0.25) is 0 Å². The minimum absolute atomic E-state index is 0. The predicted octanol–water partition coefficient (Wildman–Crippen LogP) is 5.06. The maximum absolute atomic E-state index is 5.72. The Bertz CT molecular complexity index is 276. The highest BCUT2D eigenvalue weighted by Crippen LogP contribution is 2.24. The molecule has 1 saturated heterocycles. The zero-order valence-electron chi connectivity index (χ0n) is 19.0. The maximum atomic E-state index is 5.72. The summed E-state index contributed by atoms with van der Waals surface area (Å²) in [5, 5.41) is 3.27. The smallest absolute Gasteiger partial charge is 0.0571 e. The standard InChI is InChI=1S/C8H17N.C8H16O.C7H16N2.CH4/c1-3-9-6-4-8(2)5-7-9;1-7-3-5-8(9-2)6-4-7;1-9-7-4-2-6(8)3-5-7;/h8H,3-7H2,1-2H3;7-8H,3-6H2,1-2H3;6-7,9H,2-5,8H2,1H3;1H4. The van der Waals surface area contributed by atoms with Crippen molar-refractivity contribution in [3.8, 4) is 0 Å². The number of hydrogen-bond donors (Lipinski definition) is 2. The van der Waals surface area contributed by atoms with E-state index in [0.29, 0.717) is 12.1 Å². The number of nitrogens with two attached hydrogens (primary N) is 1. The molecule has 1 aliphatic heterocycles. The first-order valence-electron chi connectivity index (χ1n) is 11.7. The summed E-state index contributed by atoms with van der Waals surface area (Å²) in [5.74, 6) is 1.92. The van der Waals surface area contributed by atoms with Crippen LogP contribution in [0.3, 0.4) is 0 Å². The Labute approximate surface area is 177 Å². The molecule has 0 spiro atoms. The number of methoxy groups -OCH3 is 1. The average Bonchev–Trinajstić information content (AvgIpc) is 2.71. The van der Waals surface area contributed by atoms with Gasteiger partial charge in [0.05, 0.1) is 6.10 Å². The Balaban J connectivity index is 0.000000384. The van der Waals surface area contributed by atoms with Gasteiger partial charge in [0, 0.05) is 19.2 Å². The Hall–Kier alpha value is -0.160. The molecule has 2 saturated carbocycles. The van der Waals surface area contributed by atoms with E-state index in [1.165, 1.54) is 83.8 Å². The summed E-state index contributed by atoms with van der Waals surface area (Å²) in [6.07, 6.45) is 13.6. The molecule has 3 aliphatic rings. The number of ether oxygens (including phenoxy) is 1. The molecule has 2 aliphatic carbocycles. The van der Waals surface area contributed by atoms with Crippen LogP contribution in [0, 0.1) is 11.8 Å². The van der Waals surface area contributed by atoms with Crippen LogP contribution in [0.25, 0.3) is 0 Å². The minimum atomic E-state index is 0. The summed E-state index contributed by atoms with van der Waals surface area (Å²) in [6, 6.07) is 1.22. The van der Waals surface area contributed by atoms with Gasteiger partial charge in [0.25, 0.3) is 0 Å². The number of nitrogens with zero attached hydrogens (tertiary/aromatic N) is 1. The normalized spacial score (nSPS) is 31.5. The molecule has 0 amide bonds. The van der Waals surface area contributed by atoms with Gasteiger partial charge in [-0.15, -0.1) is 0 Å². The largest absolute Gasteiger partial charge is 0.381 e. The van der Waals surface area contributed by atoms with Crippen molar-refractivity contribution in [3.05, 3.63) is 0 Å². The van der Waals surface area contributed by atoms with E-state index >= 15 is 0 Å². The van der Waals surface area contributed by atoms with E-state index in [-0.39, 0.29) is 7.43 Å². The summed E-state index contributed by atoms with van der Waals surface area (Å²) in [7, 11) is 3.85. The molecule has 0 bridgehead atoms. The number of likely N-dealkylation sites (tertiary alicyclic amines) is 1. The third-order valence-corrected chi connectivity index (χ3v) is 6.80. The number of nitrogens with one attached hydrogen (secondary N) is 1. The van der Waals surface area contributed by atoms with Gasteiger partial charge in [-0.05, 0) is 103 Å². The van der Waals surface area contributed by atoms with Crippen LogP contribution in [0.15, 0.2) is 0 Å². The molecule has 0 atom stereocenters. The first-order valence-corrected chi connectivity index (χ1v) is 11.7. The van der Waals surface area contributed by atoms with Gasteiger partial charge < -0.3 is 20.7 Å². The van der Waals surface area contributed by atoms with Crippen molar-refractivity contribution < 1.29 is 4.74 Å². The third-order valence-electron chi connectivity index (χ3n) is 6.80. The first kappa shape index (κ1) is 27.8. The van der Waals surface area contributed by atoms with Crippen LogP contribution in [0.5, 0.6) is 0 Å². The summed E-state index contributed by atoms with van der Waals surface area (Å²) >= 11 is 0. The van der Waals surface area contributed by atoms with E-state index in [2.05, 4.69) is 31.0 Å². The fourth-order valence-corrected chi connectivity index (χ4v) is 4.25. The van der Waals surface area contributed by atoms with Crippen molar-refractivity contribution in [3.63, 3.8) is 0 Å². The van der Waals surface area contributed by atoms with Gasteiger partial charge in [0.2, 0.25) is 0 Å². The SMILES string of the molecule is C.CCN1CCC(C)CC1.CNC1CCC(N)CC1.COC1CCC(C)CC1. The van der Waals surface area contributed by atoms with Crippen molar-refractivity contribution in [2.24, 2.45) is 17.6 Å². The number of piperidine rings is 1. The summed E-state index contributed by atoms with van der Waals surface area (Å²) in [4.78, 5) is 2.53. The zero-order chi connectivity index (χ0) is 20.1. The zero-order valence-corrected chi connectivity index (χ0v) is 19.0. The Morgan fingerprint density at radius 1 is 0.857 bits per heavy atom. The summed E-state index contributed by atoms with van der Waals surface area (Å²) in [5.41, 5.74) is 5.72. The van der Waals surface area contributed by atoms with Gasteiger partial charge >= 0.3 is 0 Å². The second-order valence-corrected chi connectivity index (χ2v) is 9.13. The van der Waals surface area contributed by atoms with E-state index in [1.54, 1.807) is 0 Å². The topological polar surface area (TPSA) is 50.5 Å². The Morgan fingerprint density at radius 2 is 1.36 bits per heavy atom. The molecular formula is C24H53N3O. The molecule has 3 N–H and O–H groups in total. The lowest BCUT2D eigenvalue weighted by Crippen LogP contribution is -2.35. The van der Waals surface area contributed by atoms with Gasteiger partial charge in [0.15, 0.2) is 0 Å². The molecule has 4 heteroatoms. The highest BCUT2D eigenvalue weighted by Gasteiger charge is 2.17. The molecule has 0 aromatic rings. The summed E-state index contributed by atoms with van der Waals surface area (Å²) < 4.78 is 5.24. The molecule has 0 aromatic heterocycles. The quantitative estimate of drug-likeness (QED) is 0.696. The van der Waals surface area contributed by atoms with Crippen molar-refractivity contribution in [1.29, 1.82) is 0 Å². The van der Waals surface area contributed by atoms with Crippen molar-refractivity contribution in [2.75, 3.05) is 33.8 Å². The molecule has 4 nitrogen and oxygen atoms in total. The maximum Gasteiger partial charge on any atom is 0.0571 e. The van der Waals surface area contributed by atoms with E-state index in [1.807, 2.05) is 14.2 Å². The van der Waals surface area contributed by atoms with E-state index in [4.69, 9.17) is 10.5 Å². The predicted molar refractivity (Wildman–Crippen MR) is 125 cm³/mol. The van der Waals surface area contributed by atoms with Crippen LogP contribution in [0.4, 0.5) is 0 Å².